The minimum absolute atomic E-state index is 0. The Hall–Kier alpha value is -1.89. The highest BCUT2D eigenvalue weighted by Gasteiger charge is 2.15. The van der Waals surface area contributed by atoms with Gasteiger partial charge in [0.15, 0.2) is 0 Å². The second-order valence-corrected chi connectivity index (χ2v) is 2.62. The minimum atomic E-state index is -0.597. The lowest BCUT2D eigenvalue weighted by atomic mass is 10.6. The molecule has 1 aromatic rings. The van der Waals surface area contributed by atoms with Gasteiger partial charge in [0.2, 0.25) is 5.95 Å². The van der Waals surface area contributed by atoms with E-state index in [1.54, 1.807) is 6.07 Å². The number of halogens is 1. The Balaban J connectivity index is 0.00000225. The molecule has 0 aliphatic heterocycles. The molecule has 2 N–H and O–H groups in total. The van der Waals surface area contributed by atoms with E-state index >= 15 is 0 Å². The maximum absolute atomic E-state index is 11.4. The molecule has 0 radical (unpaired) electrons. The summed E-state index contributed by atoms with van der Waals surface area (Å²) in [7, 11) is 2.78. The monoisotopic (exact) mass is 245 g/mol. The smallest absolute Gasteiger partial charge is 0.332 e. The highest BCUT2D eigenvalue weighted by Crippen LogP contribution is 1.96. The van der Waals surface area contributed by atoms with Crippen LogP contribution in [0.1, 0.15) is 0 Å². The van der Waals surface area contributed by atoms with E-state index in [2.05, 4.69) is 20.6 Å². The lowest BCUT2D eigenvalue weighted by Crippen LogP contribution is -2.42. The SMILES string of the molecule is CNC(=O)N(C)C(=O)Nc1ncccn1.Cl. The number of nitrogens with zero attached hydrogens (tertiary/aromatic N) is 3. The number of hydrogen-bond donors (Lipinski definition) is 2. The zero-order chi connectivity index (χ0) is 11.3. The lowest BCUT2D eigenvalue weighted by Gasteiger charge is -2.14. The molecule has 0 spiro atoms. The largest absolute Gasteiger partial charge is 0.341 e. The third kappa shape index (κ3) is 3.70. The van der Waals surface area contributed by atoms with Crippen LogP contribution in [0.5, 0.6) is 0 Å². The van der Waals surface area contributed by atoms with E-state index in [0.29, 0.717) is 0 Å². The lowest BCUT2D eigenvalue weighted by molar-refractivity contribution is 0.203. The Kier molecular flexibility index (Phi) is 5.79. The Morgan fingerprint density at radius 1 is 1.25 bits per heavy atom. The molecule has 1 heterocycles. The molecule has 88 valence electrons. The maximum Gasteiger partial charge on any atom is 0.332 e. The van der Waals surface area contributed by atoms with Crippen LogP contribution in [0.3, 0.4) is 0 Å². The first-order valence-corrected chi connectivity index (χ1v) is 4.18. The number of imide groups is 1. The van der Waals surface area contributed by atoms with Gasteiger partial charge in [0.1, 0.15) is 0 Å². The van der Waals surface area contributed by atoms with Crippen molar-refractivity contribution in [2.75, 3.05) is 19.4 Å². The number of aromatic nitrogens is 2. The van der Waals surface area contributed by atoms with Crippen molar-refractivity contribution >= 4 is 30.4 Å². The number of amides is 4. The fourth-order valence-corrected chi connectivity index (χ4v) is 0.803. The summed E-state index contributed by atoms with van der Waals surface area (Å²) in [5, 5.41) is 4.68. The zero-order valence-electron chi connectivity index (χ0n) is 8.80. The zero-order valence-corrected chi connectivity index (χ0v) is 9.61. The van der Waals surface area contributed by atoms with E-state index in [4.69, 9.17) is 0 Å². The van der Waals surface area contributed by atoms with Crippen molar-refractivity contribution in [1.29, 1.82) is 0 Å². The third-order valence-corrected chi connectivity index (χ3v) is 1.61. The van der Waals surface area contributed by atoms with Crippen molar-refractivity contribution in [2.45, 2.75) is 0 Å². The summed E-state index contributed by atoms with van der Waals surface area (Å²) in [6, 6.07) is 0.516. The molecule has 16 heavy (non-hydrogen) atoms. The second kappa shape index (κ2) is 6.57. The average Bonchev–Trinajstić information content (AvgIpc) is 2.28. The molecule has 7 nitrogen and oxygen atoms in total. The van der Waals surface area contributed by atoms with Crippen LogP contribution in [-0.2, 0) is 0 Å². The molecule has 4 amide bonds. The van der Waals surface area contributed by atoms with Crippen molar-refractivity contribution in [1.82, 2.24) is 20.2 Å². The first-order chi connectivity index (χ1) is 7.15. The number of carbonyl (C=O) groups is 2. The van der Waals surface area contributed by atoms with Gasteiger partial charge in [-0.3, -0.25) is 5.32 Å². The van der Waals surface area contributed by atoms with Crippen LogP contribution >= 0.6 is 12.4 Å². The highest BCUT2D eigenvalue weighted by molar-refractivity contribution is 5.99. The van der Waals surface area contributed by atoms with Gasteiger partial charge in [0.05, 0.1) is 0 Å². The van der Waals surface area contributed by atoms with Crippen LogP contribution in [-0.4, -0.2) is 41.0 Å². The number of urea groups is 2. The molecule has 0 bridgehead atoms. The summed E-state index contributed by atoms with van der Waals surface area (Å²) in [5.41, 5.74) is 0. The number of anilines is 1. The highest BCUT2D eigenvalue weighted by atomic mass is 35.5. The van der Waals surface area contributed by atoms with Gasteiger partial charge in [0.25, 0.3) is 0 Å². The van der Waals surface area contributed by atoms with Crippen molar-refractivity contribution in [2.24, 2.45) is 0 Å². The minimum Gasteiger partial charge on any atom is -0.341 e. The van der Waals surface area contributed by atoms with E-state index in [1.807, 2.05) is 0 Å². The van der Waals surface area contributed by atoms with Crippen molar-refractivity contribution in [3.63, 3.8) is 0 Å². The van der Waals surface area contributed by atoms with Crippen LogP contribution in [0.25, 0.3) is 0 Å². The summed E-state index contributed by atoms with van der Waals surface area (Å²) in [5.74, 6) is 0.151. The van der Waals surface area contributed by atoms with Gasteiger partial charge < -0.3 is 5.32 Å². The summed E-state index contributed by atoms with van der Waals surface area (Å²) < 4.78 is 0. The standard InChI is InChI=1S/C8H11N5O2.ClH/c1-9-7(14)13(2)8(15)12-6-10-4-3-5-11-6;/h3-5H,1-2H3,(H,9,14)(H,10,11,12,15);1H. The molecular weight excluding hydrogens is 234 g/mol. The molecule has 0 saturated heterocycles. The van der Waals surface area contributed by atoms with E-state index < -0.39 is 12.1 Å². The summed E-state index contributed by atoms with van der Waals surface area (Å²) >= 11 is 0. The molecular formula is C8H12ClN5O2. The third-order valence-electron chi connectivity index (χ3n) is 1.61. The van der Waals surface area contributed by atoms with Gasteiger partial charge >= 0.3 is 12.1 Å². The Morgan fingerprint density at radius 2 is 1.81 bits per heavy atom. The molecule has 0 aliphatic carbocycles. The predicted octanol–water partition coefficient (Wildman–Crippen LogP) is 0.702. The van der Waals surface area contributed by atoms with E-state index in [9.17, 15) is 9.59 Å². The van der Waals surface area contributed by atoms with Crippen LogP contribution in [0.4, 0.5) is 15.5 Å². The number of carbonyl (C=O) groups excluding carboxylic acids is 2. The summed E-state index contributed by atoms with van der Waals surface area (Å²) in [6.07, 6.45) is 2.98. The van der Waals surface area contributed by atoms with Gasteiger partial charge in [-0.05, 0) is 6.07 Å². The van der Waals surface area contributed by atoms with E-state index in [1.165, 1.54) is 26.5 Å². The Labute approximate surface area is 98.7 Å². The summed E-state index contributed by atoms with van der Waals surface area (Å²) in [4.78, 5) is 30.9. The van der Waals surface area contributed by atoms with Gasteiger partial charge in [0, 0.05) is 26.5 Å². The predicted molar refractivity (Wildman–Crippen MR) is 60.5 cm³/mol. The van der Waals surface area contributed by atoms with Crippen molar-refractivity contribution in [3.05, 3.63) is 18.5 Å². The Bertz CT molecular complexity index is 359. The van der Waals surface area contributed by atoms with Crippen LogP contribution in [0, 0.1) is 0 Å². The summed E-state index contributed by atoms with van der Waals surface area (Å²) in [6.45, 7) is 0. The van der Waals surface area contributed by atoms with E-state index in [0.717, 1.165) is 4.90 Å². The van der Waals surface area contributed by atoms with Crippen LogP contribution in [0.2, 0.25) is 0 Å². The molecule has 0 fully saturated rings. The molecule has 0 aliphatic rings. The molecule has 1 rings (SSSR count). The fraction of sp³-hybridized carbons (Fsp3) is 0.250. The van der Waals surface area contributed by atoms with Crippen LogP contribution in [0.15, 0.2) is 18.5 Å². The number of nitrogens with one attached hydrogen (secondary N) is 2. The average molecular weight is 246 g/mol. The molecule has 0 atom stereocenters. The quantitative estimate of drug-likeness (QED) is 0.763. The van der Waals surface area contributed by atoms with Gasteiger partial charge in [-0.1, -0.05) is 0 Å². The Morgan fingerprint density at radius 3 is 2.31 bits per heavy atom. The molecule has 8 heteroatoms. The van der Waals surface area contributed by atoms with Gasteiger partial charge in [-0.2, -0.15) is 0 Å². The molecule has 0 saturated carbocycles. The topological polar surface area (TPSA) is 87.2 Å². The fourth-order valence-electron chi connectivity index (χ4n) is 0.803. The number of hydrogen-bond acceptors (Lipinski definition) is 4. The van der Waals surface area contributed by atoms with Gasteiger partial charge in [-0.25, -0.2) is 24.5 Å². The molecule has 0 unspecified atom stereocenters. The first-order valence-electron chi connectivity index (χ1n) is 4.18. The van der Waals surface area contributed by atoms with Crippen molar-refractivity contribution < 1.29 is 9.59 Å². The normalized spacial score (nSPS) is 8.62. The maximum atomic E-state index is 11.4. The van der Waals surface area contributed by atoms with Gasteiger partial charge in [-0.15, -0.1) is 12.4 Å². The first kappa shape index (κ1) is 14.1. The van der Waals surface area contributed by atoms with Crippen molar-refractivity contribution in [3.8, 4) is 0 Å². The number of rotatable bonds is 1. The molecule has 1 aromatic heterocycles. The second-order valence-electron chi connectivity index (χ2n) is 2.62. The van der Waals surface area contributed by atoms with Crippen LogP contribution < -0.4 is 10.6 Å². The molecule has 0 aromatic carbocycles. The van der Waals surface area contributed by atoms with E-state index in [-0.39, 0.29) is 18.4 Å².